The van der Waals surface area contributed by atoms with Crippen LogP contribution in [0, 0.1) is 5.92 Å². The minimum atomic E-state index is 0. The topological polar surface area (TPSA) is 73.1 Å². The number of ether oxygens (including phenoxy) is 1. The summed E-state index contributed by atoms with van der Waals surface area (Å²) in [5, 5.41) is 7.51. The molecule has 0 bridgehead atoms. The van der Waals surface area contributed by atoms with E-state index in [1.54, 1.807) is 12.4 Å². The van der Waals surface area contributed by atoms with Crippen molar-refractivity contribution in [3.63, 3.8) is 0 Å². The highest BCUT2D eigenvalue weighted by Crippen LogP contribution is 2.23. The molecule has 4 rings (SSSR count). The zero-order valence-corrected chi connectivity index (χ0v) is 15.8. The lowest BCUT2D eigenvalue weighted by Gasteiger charge is -2.06. The molecule has 1 atom stereocenters. The van der Waals surface area contributed by atoms with Crippen molar-refractivity contribution in [1.82, 2.24) is 20.4 Å². The van der Waals surface area contributed by atoms with Gasteiger partial charge in [-0.3, -0.25) is 4.98 Å². The summed E-state index contributed by atoms with van der Waals surface area (Å²) in [5.41, 5.74) is 1.92. The smallest absolute Gasteiger partial charge is 0.226 e. The first kappa shape index (κ1) is 19.3. The van der Waals surface area contributed by atoms with Crippen LogP contribution in [0.25, 0.3) is 11.4 Å². The highest BCUT2D eigenvalue weighted by atomic mass is 35.5. The molecule has 1 aromatic carbocycles. The molecule has 0 spiro atoms. The van der Waals surface area contributed by atoms with Crippen molar-refractivity contribution in [1.29, 1.82) is 0 Å². The fourth-order valence-corrected chi connectivity index (χ4v) is 3.14. The van der Waals surface area contributed by atoms with Crippen molar-refractivity contribution in [2.75, 3.05) is 13.1 Å². The molecule has 7 heteroatoms. The van der Waals surface area contributed by atoms with Crippen LogP contribution in [0.3, 0.4) is 0 Å². The zero-order chi connectivity index (χ0) is 17.6. The first-order valence-corrected chi connectivity index (χ1v) is 9.02. The third kappa shape index (κ3) is 5.28. The minimum Gasteiger partial charge on any atom is -0.489 e. The quantitative estimate of drug-likeness (QED) is 0.667. The lowest BCUT2D eigenvalue weighted by atomic mass is 10.0. The van der Waals surface area contributed by atoms with E-state index in [1.165, 1.54) is 6.42 Å². The van der Waals surface area contributed by atoms with Gasteiger partial charge in [-0.25, -0.2) is 0 Å². The van der Waals surface area contributed by atoms with Gasteiger partial charge in [0.2, 0.25) is 11.7 Å². The number of halogens is 1. The molecule has 6 nitrogen and oxygen atoms in total. The maximum Gasteiger partial charge on any atom is 0.226 e. The van der Waals surface area contributed by atoms with Crippen LogP contribution >= 0.6 is 12.4 Å². The summed E-state index contributed by atoms with van der Waals surface area (Å²) >= 11 is 0. The van der Waals surface area contributed by atoms with Gasteiger partial charge in [0.05, 0.1) is 0 Å². The van der Waals surface area contributed by atoms with Crippen molar-refractivity contribution in [3.05, 3.63) is 60.2 Å². The van der Waals surface area contributed by atoms with E-state index in [4.69, 9.17) is 9.26 Å². The highest BCUT2D eigenvalue weighted by Gasteiger charge is 2.16. The van der Waals surface area contributed by atoms with Crippen molar-refractivity contribution in [2.24, 2.45) is 5.92 Å². The van der Waals surface area contributed by atoms with E-state index in [0.29, 0.717) is 18.3 Å². The number of hydrogen-bond acceptors (Lipinski definition) is 6. The molecule has 1 unspecified atom stereocenters. The Labute approximate surface area is 164 Å². The van der Waals surface area contributed by atoms with Gasteiger partial charge in [0.15, 0.2) is 0 Å². The summed E-state index contributed by atoms with van der Waals surface area (Å²) in [5.74, 6) is 2.80. The lowest BCUT2D eigenvalue weighted by molar-refractivity contribution is 0.306. The molecule has 3 aromatic rings. The first-order valence-electron chi connectivity index (χ1n) is 9.02. The van der Waals surface area contributed by atoms with Crippen molar-refractivity contribution < 1.29 is 9.26 Å². The summed E-state index contributed by atoms with van der Waals surface area (Å²) in [4.78, 5) is 8.63. The molecule has 0 saturated carbocycles. The molecule has 142 valence electrons. The number of nitrogens with one attached hydrogen (secondary N) is 1. The summed E-state index contributed by atoms with van der Waals surface area (Å²) in [6.07, 6.45) is 6.70. The van der Waals surface area contributed by atoms with Crippen LogP contribution in [0.15, 0.2) is 53.3 Å². The maximum absolute atomic E-state index is 5.84. The standard InChI is InChI=1S/C20H22N4O2.ClH/c1-4-17(11-18(5-1)25-14-16-3-2-9-21-13-16)20-23-19(26-24-20)7-6-15-8-10-22-12-15;/h1-5,9,11,13,15,22H,6-8,10,12,14H2;1H. The predicted molar refractivity (Wildman–Crippen MR) is 105 cm³/mol. The molecule has 2 aromatic heterocycles. The molecule has 1 N–H and O–H groups in total. The van der Waals surface area contributed by atoms with E-state index in [9.17, 15) is 0 Å². The number of benzene rings is 1. The monoisotopic (exact) mass is 386 g/mol. The molecule has 1 saturated heterocycles. The third-order valence-electron chi connectivity index (χ3n) is 4.62. The van der Waals surface area contributed by atoms with Crippen LogP contribution in [0.1, 0.15) is 24.3 Å². The fourth-order valence-electron chi connectivity index (χ4n) is 3.14. The molecule has 27 heavy (non-hydrogen) atoms. The Bertz CT molecular complexity index is 835. The van der Waals surface area contributed by atoms with E-state index < -0.39 is 0 Å². The molecule has 3 heterocycles. The average Bonchev–Trinajstić information content (AvgIpc) is 3.38. The van der Waals surface area contributed by atoms with Gasteiger partial charge in [0, 0.05) is 29.9 Å². The molecule has 1 fully saturated rings. The lowest BCUT2D eigenvalue weighted by Crippen LogP contribution is -2.09. The Morgan fingerprint density at radius 2 is 2.19 bits per heavy atom. The van der Waals surface area contributed by atoms with Crippen LogP contribution in [0.2, 0.25) is 0 Å². The first-order chi connectivity index (χ1) is 12.9. The molecular weight excluding hydrogens is 364 g/mol. The van der Waals surface area contributed by atoms with Gasteiger partial charge in [0.1, 0.15) is 12.4 Å². The van der Waals surface area contributed by atoms with E-state index in [-0.39, 0.29) is 12.4 Å². The number of aromatic nitrogens is 3. The highest BCUT2D eigenvalue weighted by molar-refractivity contribution is 5.85. The summed E-state index contributed by atoms with van der Waals surface area (Å²) in [6, 6.07) is 11.7. The van der Waals surface area contributed by atoms with Crippen molar-refractivity contribution in [3.8, 4) is 17.1 Å². The number of rotatable bonds is 7. The normalized spacial score (nSPS) is 16.1. The zero-order valence-electron chi connectivity index (χ0n) is 15.0. The number of nitrogens with zero attached hydrogens (tertiary/aromatic N) is 3. The van der Waals surface area contributed by atoms with Gasteiger partial charge in [0.25, 0.3) is 0 Å². The Balaban J connectivity index is 0.00000210. The fraction of sp³-hybridized carbons (Fsp3) is 0.350. The van der Waals surface area contributed by atoms with Crippen molar-refractivity contribution in [2.45, 2.75) is 25.9 Å². The van der Waals surface area contributed by atoms with Crippen LogP contribution in [0.5, 0.6) is 5.75 Å². The SMILES string of the molecule is Cl.c1cncc(COc2cccc(-c3noc(CCC4CCNC4)n3)c2)c1. The number of pyridine rings is 1. The van der Waals surface area contributed by atoms with E-state index in [0.717, 1.165) is 48.7 Å². The van der Waals surface area contributed by atoms with Gasteiger partial charge in [-0.05, 0) is 50.0 Å². The second-order valence-corrected chi connectivity index (χ2v) is 6.59. The maximum atomic E-state index is 5.84. The summed E-state index contributed by atoms with van der Waals surface area (Å²) in [7, 11) is 0. The number of aryl methyl sites for hydroxylation is 1. The van der Waals surface area contributed by atoms with Crippen LogP contribution in [-0.4, -0.2) is 28.2 Å². The van der Waals surface area contributed by atoms with Gasteiger partial charge in [-0.2, -0.15) is 4.98 Å². The molecular formula is C20H23ClN4O2. The van der Waals surface area contributed by atoms with E-state index >= 15 is 0 Å². The van der Waals surface area contributed by atoms with E-state index in [2.05, 4.69) is 20.4 Å². The van der Waals surface area contributed by atoms with Crippen molar-refractivity contribution >= 4 is 12.4 Å². The van der Waals surface area contributed by atoms with Gasteiger partial charge < -0.3 is 14.6 Å². The van der Waals surface area contributed by atoms with Crippen LogP contribution in [-0.2, 0) is 13.0 Å². The summed E-state index contributed by atoms with van der Waals surface area (Å²) < 4.78 is 11.3. The van der Waals surface area contributed by atoms with Crippen LogP contribution in [0.4, 0.5) is 0 Å². The Kier molecular flexibility index (Phi) is 6.79. The third-order valence-corrected chi connectivity index (χ3v) is 4.62. The number of hydrogen-bond donors (Lipinski definition) is 1. The van der Waals surface area contributed by atoms with Gasteiger partial charge >= 0.3 is 0 Å². The largest absolute Gasteiger partial charge is 0.489 e. The molecule has 0 radical (unpaired) electrons. The van der Waals surface area contributed by atoms with E-state index in [1.807, 2.05) is 36.4 Å². The second-order valence-electron chi connectivity index (χ2n) is 6.59. The van der Waals surface area contributed by atoms with Gasteiger partial charge in [-0.15, -0.1) is 12.4 Å². The molecule has 1 aliphatic heterocycles. The van der Waals surface area contributed by atoms with Crippen LogP contribution < -0.4 is 10.1 Å². The second kappa shape index (κ2) is 9.48. The Morgan fingerprint density at radius 3 is 3.00 bits per heavy atom. The predicted octanol–water partition coefficient (Wildman–Crippen LogP) is 3.67. The van der Waals surface area contributed by atoms with Gasteiger partial charge in [-0.1, -0.05) is 23.4 Å². The summed E-state index contributed by atoms with van der Waals surface area (Å²) in [6.45, 7) is 2.69. The molecule has 0 aliphatic carbocycles. The molecule has 0 amide bonds. The molecule has 1 aliphatic rings. The Morgan fingerprint density at radius 1 is 1.22 bits per heavy atom. The average molecular weight is 387 g/mol. The Hall–Kier alpha value is -2.44. The minimum absolute atomic E-state index is 0.